The summed E-state index contributed by atoms with van der Waals surface area (Å²) in [4.78, 5) is 11.4. The van der Waals surface area contributed by atoms with Crippen LogP contribution in [0.1, 0.15) is 5.56 Å². The normalized spacial score (nSPS) is 9.95. The second-order valence-corrected chi connectivity index (χ2v) is 5.06. The molecule has 0 fully saturated rings. The molecule has 2 N–H and O–H groups in total. The second kappa shape index (κ2) is 10.2. The molecule has 7 heteroatoms. The van der Waals surface area contributed by atoms with Crippen LogP contribution < -0.4 is 15.4 Å². The number of hydrogen-bond acceptors (Lipinski definition) is 5. The molecule has 0 spiro atoms. The van der Waals surface area contributed by atoms with Gasteiger partial charge in [-0.1, -0.05) is 15.9 Å². The number of carbonyl (C=O) groups is 1. The SMILES string of the molecule is COCCNCc1cc(Br)ccc1OCC(=O)NCC#N. The molecular weight excluding hydrogens is 338 g/mol. The van der Waals surface area contributed by atoms with Crippen LogP contribution in [-0.2, 0) is 16.1 Å². The molecular formula is C14H18BrN3O3. The van der Waals surface area contributed by atoms with E-state index in [-0.39, 0.29) is 19.1 Å². The average Bonchev–Trinajstić information content (AvgIpc) is 2.48. The standard InChI is InChI=1S/C14H18BrN3O3/c1-20-7-6-17-9-11-8-12(15)2-3-13(11)21-10-14(19)18-5-4-16/h2-3,8,17H,5-7,9-10H2,1H3,(H,18,19). The minimum Gasteiger partial charge on any atom is -0.483 e. The molecule has 0 aliphatic rings. The lowest BCUT2D eigenvalue weighted by Crippen LogP contribution is -2.29. The van der Waals surface area contributed by atoms with Gasteiger partial charge < -0.3 is 20.1 Å². The number of carbonyl (C=O) groups excluding carboxylic acids is 1. The lowest BCUT2D eigenvalue weighted by atomic mass is 10.2. The number of rotatable bonds is 9. The van der Waals surface area contributed by atoms with Crippen molar-refractivity contribution in [3.63, 3.8) is 0 Å². The van der Waals surface area contributed by atoms with Gasteiger partial charge in [0.15, 0.2) is 6.61 Å². The zero-order chi connectivity index (χ0) is 15.5. The van der Waals surface area contributed by atoms with Gasteiger partial charge in [0.05, 0.1) is 12.7 Å². The van der Waals surface area contributed by atoms with Crippen LogP contribution in [0.4, 0.5) is 0 Å². The van der Waals surface area contributed by atoms with Crippen LogP contribution in [0, 0.1) is 11.3 Å². The molecule has 21 heavy (non-hydrogen) atoms. The summed E-state index contributed by atoms with van der Waals surface area (Å²) in [6, 6.07) is 7.42. The lowest BCUT2D eigenvalue weighted by molar-refractivity contribution is -0.122. The predicted molar refractivity (Wildman–Crippen MR) is 81.8 cm³/mol. The van der Waals surface area contributed by atoms with Gasteiger partial charge >= 0.3 is 0 Å². The highest BCUT2D eigenvalue weighted by atomic mass is 79.9. The molecule has 1 amide bonds. The van der Waals surface area contributed by atoms with Crippen molar-refractivity contribution in [1.82, 2.24) is 10.6 Å². The number of benzene rings is 1. The van der Waals surface area contributed by atoms with E-state index in [9.17, 15) is 4.79 Å². The van der Waals surface area contributed by atoms with Crippen molar-refractivity contribution in [2.45, 2.75) is 6.54 Å². The van der Waals surface area contributed by atoms with Gasteiger partial charge in [0, 0.05) is 30.2 Å². The summed E-state index contributed by atoms with van der Waals surface area (Å²) in [6.45, 7) is 1.83. The van der Waals surface area contributed by atoms with Crippen LogP contribution in [0.15, 0.2) is 22.7 Å². The molecule has 0 aliphatic heterocycles. The fourth-order valence-electron chi connectivity index (χ4n) is 1.56. The van der Waals surface area contributed by atoms with Gasteiger partial charge in [-0.3, -0.25) is 4.79 Å². The number of nitriles is 1. The van der Waals surface area contributed by atoms with Crippen LogP contribution in [0.25, 0.3) is 0 Å². The Morgan fingerprint density at radius 1 is 1.48 bits per heavy atom. The number of ether oxygens (including phenoxy) is 2. The van der Waals surface area contributed by atoms with Crippen molar-refractivity contribution in [2.75, 3.05) is 33.4 Å². The molecule has 0 heterocycles. The van der Waals surface area contributed by atoms with Crippen LogP contribution in [0.3, 0.4) is 0 Å². The van der Waals surface area contributed by atoms with E-state index in [1.807, 2.05) is 18.2 Å². The zero-order valence-electron chi connectivity index (χ0n) is 11.8. The topological polar surface area (TPSA) is 83.4 Å². The number of hydrogen-bond donors (Lipinski definition) is 2. The summed E-state index contributed by atoms with van der Waals surface area (Å²) < 4.78 is 11.4. The molecule has 1 aromatic carbocycles. The summed E-state index contributed by atoms with van der Waals surface area (Å²) >= 11 is 3.41. The number of nitrogens with zero attached hydrogens (tertiary/aromatic N) is 1. The van der Waals surface area contributed by atoms with Crippen molar-refractivity contribution < 1.29 is 14.3 Å². The first-order valence-corrected chi connectivity index (χ1v) is 7.21. The fraction of sp³-hybridized carbons (Fsp3) is 0.429. The molecule has 1 rings (SSSR count). The largest absolute Gasteiger partial charge is 0.483 e. The van der Waals surface area contributed by atoms with Crippen LogP contribution in [-0.4, -0.2) is 39.3 Å². The Morgan fingerprint density at radius 2 is 2.29 bits per heavy atom. The lowest BCUT2D eigenvalue weighted by Gasteiger charge is -2.12. The smallest absolute Gasteiger partial charge is 0.258 e. The van der Waals surface area contributed by atoms with Gasteiger partial charge in [-0.05, 0) is 18.2 Å². The number of methoxy groups -OCH3 is 1. The first kappa shape index (κ1) is 17.4. The van der Waals surface area contributed by atoms with Crippen molar-refractivity contribution in [1.29, 1.82) is 5.26 Å². The molecule has 6 nitrogen and oxygen atoms in total. The Labute approximate surface area is 132 Å². The Bertz CT molecular complexity index is 503. The van der Waals surface area contributed by atoms with E-state index in [0.29, 0.717) is 18.9 Å². The van der Waals surface area contributed by atoms with Gasteiger partial charge in [-0.25, -0.2) is 0 Å². The van der Waals surface area contributed by atoms with Crippen molar-refractivity contribution in [2.24, 2.45) is 0 Å². The maximum Gasteiger partial charge on any atom is 0.258 e. The first-order valence-electron chi connectivity index (χ1n) is 6.42. The monoisotopic (exact) mass is 355 g/mol. The highest BCUT2D eigenvalue weighted by Gasteiger charge is 2.07. The summed E-state index contributed by atoms with van der Waals surface area (Å²) in [5.74, 6) is 0.313. The maximum absolute atomic E-state index is 11.4. The number of halogens is 1. The maximum atomic E-state index is 11.4. The first-order chi connectivity index (χ1) is 10.2. The van der Waals surface area contributed by atoms with E-state index in [2.05, 4.69) is 26.6 Å². The van der Waals surface area contributed by atoms with Gasteiger partial charge in [0.2, 0.25) is 0 Å². The van der Waals surface area contributed by atoms with Crippen LogP contribution in [0.2, 0.25) is 0 Å². The van der Waals surface area contributed by atoms with E-state index >= 15 is 0 Å². The molecule has 0 unspecified atom stereocenters. The van der Waals surface area contributed by atoms with E-state index in [4.69, 9.17) is 14.7 Å². The number of nitrogens with one attached hydrogen (secondary N) is 2. The highest BCUT2D eigenvalue weighted by Crippen LogP contribution is 2.23. The molecule has 0 radical (unpaired) electrons. The average molecular weight is 356 g/mol. The molecule has 1 aromatic rings. The van der Waals surface area contributed by atoms with E-state index < -0.39 is 0 Å². The third-order valence-electron chi connectivity index (χ3n) is 2.54. The van der Waals surface area contributed by atoms with E-state index in [0.717, 1.165) is 16.6 Å². The third kappa shape index (κ3) is 7.09. The quantitative estimate of drug-likeness (QED) is 0.513. The van der Waals surface area contributed by atoms with E-state index in [1.165, 1.54) is 0 Å². The minimum absolute atomic E-state index is 0.0199. The molecule has 0 bridgehead atoms. The molecule has 0 atom stereocenters. The van der Waals surface area contributed by atoms with Gasteiger partial charge in [-0.15, -0.1) is 0 Å². The molecule has 0 saturated heterocycles. The van der Waals surface area contributed by atoms with Crippen molar-refractivity contribution in [3.8, 4) is 11.8 Å². The second-order valence-electron chi connectivity index (χ2n) is 4.15. The van der Waals surface area contributed by atoms with Gasteiger partial charge in [0.1, 0.15) is 12.3 Å². The summed E-state index contributed by atoms with van der Waals surface area (Å²) in [5, 5.41) is 14.0. The zero-order valence-corrected chi connectivity index (χ0v) is 13.4. The van der Waals surface area contributed by atoms with E-state index in [1.54, 1.807) is 13.2 Å². The molecule has 114 valence electrons. The molecule has 0 saturated carbocycles. The highest BCUT2D eigenvalue weighted by molar-refractivity contribution is 9.10. The Kier molecular flexibility index (Phi) is 8.43. The van der Waals surface area contributed by atoms with Gasteiger partial charge in [0.25, 0.3) is 5.91 Å². The molecule has 0 aliphatic carbocycles. The third-order valence-corrected chi connectivity index (χ3v) is 3.04. The Balaban J connectivity index is 2.55. The van der Waals surface area contributed by atoms with Crippen LogP contribution in [0.5, 0.6) is 5.75 Å². The minimum atomic E-state index is -0.322. The summed E-state index contributed by atoms with van der Waals surface area (Å²) in [6.07, 6.45) is 0. The summed E-state index contributed by atoms with van der Waals surface area (Å²) in [7, 11) is 1.65. The molecule has 0 aromatic heterocycles. The summed E-state index contributed by atoms with van der Waals surface area (Å²) in [5.41, 5.74) is 0.938. The van der Waals surface area contributed by atoms with Crippen molar-refractivity contribution in [3.05, 3.63) is 28.2 Å². The van der Waals surface area contributed by atoms with Gasteiger partial charge in [-0.2, -0.15) is 5.26 Å². The Hall–Kier alpha value is -1.62. The Morgan fingerprint density at radius 3 is 3.00 bits per heavy atom. The fourth-order valence-corrected chi connectivity index (χ4v) is 1.97. The van der Waals surface area contributed by atoms with Crippen LogP contribution >= 0.6 is 15.9 Å². The predicted octanol–water partition coefficient (Wildman–Crippen LogP) is 1.20. The number of amides is 1. The van der Waals surface area contributed by atoms with Crippen molar-refractivity contribution >= 4 is 21.8 Å².